The van der Waals surface area contributed by atoms with Gasteiger partial charge in [-0.3, -0.25) is 9.89 Å². The molecule has 0 spiro atoms. The number of likely N-dealkylation sites (N-methyl/N-ethyl adjacent to an activating group) is 2. The lowest BCUT2D eigenvalue weighted by Crippen LogP contribution is -2.46. The van der Waals surface area contributed by atoms with E-state index in [1.807, 2.05) is 0 Å². The molecular weight excluding hydrogens is 296 g/mol. The Kier molecular flexibility index (Phi) is 5.77. The maximum Gasteiger partial charge on any atom is 0.193 e. The van der Waals surface area contributed by atoms with Crippen LogP contribution in [0.1, 0.15) is 44.6 Å². The Morgan fingerprint density at radius 3 is 2.79 bits per heavy atom. The van der Waals surface area contributed by atoms with Crippen molar-refractivity contribution in [1.82, 2.24) is 15.1 Å². The molecular formula is C20H32N4. The predicted octanol–water partition coefficient (Wildman–Crippen LogP) is 2.92. The van der Waals surface area contributed by atoms with E-state index in [-0.39, 0.29) is 0 Å². The van der Waals surface area contributed by atoms with Gasteiger partial charge in [-0.25, -0.2) is 0 Å². The SMILES string of the molecule is CCN=C(NC1CC1c1ccccc1)N(C)CC1CCCN1CC. The first-order chi connectivity index (χ1) is 11.7. The molecule has 1 aliphatic heterocycles. The molecule has 132 valence electrons. The summed E-state index contributed by atoms with van der Waals surface area (Å²) in [4.78, 5) is 9.68. The van der Waals surface area contributed by atoms with Gasteiger partial charge in [0.2, 0.25) is 0 Å². The molecule has 3 unspecified atom stereocenters. The molecule has 3 rings (SSSR count). The van der Waals surface area contributed by atoms with Gasteiger partial charge in [0.25, 0.3) is 0 Å². The number of likely N-dealkylation sites (tertiary alicyclic amines) is 1. The zero-order valence-corrected chi connectivity index (χ0v) is 15.4. The molecule has 2 aliphatic rings. The van der Waals surface area contributed by atoms with E-state index < -0.39 is 0 Å². The third-order valence-electron chi connectivity index (χ3n) is 5.39. The van der Waals surface area contributed by atoms with Crippen LogP contribution in [-0.2, 0) is 0 Å². The molecule has 0 radical (unpaired) electrons. The van der Waals surface area contributed by atoms with Gasteiger partial charge in [-0.1, -0.05) is 37.3 Å². The minimum atomic E-state index is 0.533. The van der Waals surface area contributed by atoms with Crippen LogP contribution in [0.25, 0.3) is 0 Å². The summed E-state index contributed by atoms with van der Waals surface area (Å²) in [6.45, 7) is 8.70. The fourth-order valence-corrected chi connectivity index (χ4v) is 3.94. The van der Waals surface area contributed by atoms with E-state index in [4.69, 9.17) is 4.99 Å². The molecule has 1 heterocycles. The Morgan fingerprint density at radius 1 is 1.29 bits per heavy atom. The van der Waals surface area contributed by atoms with Gasteiger partial charge in [-0.2, -0.15) is 0 Å². The summed E-state index contributed by atoms with van der Waals surface area (Å²) in [5.41, 5.74) is 1.45. The van der Waals surface area contributed by atoms with Crippen molar-refractivity contribution in [2.24, 2.45) is 4.99 Å². The highest BCUT2D eigenvalue weighted by Crippen LogP contribution is 2.40. The van der Waals surface area contributed by atoms with Crippen LogP contribution in [0.4, 0.5) is 0 Å². The average molecular weight is 329 g/mol. The number of guanidine groups is 1. The summed E-state index contributed by atoms with van der Waals surface area (Å²) in [7, 11) is 2.19. The molecule has 3 atom stereocenters. The predicted molar refractivity (Wildman–Crippen MR) is 102 cm³/mol. The van der Waals surface area contributed by atoms with Crippen molar-refractivity contribution in [3.05, 3.63) is 35.9 Å². The van der Waals surface area contributed by atoms with Crippen molar-refractivity contribution < 1.29 is 0 Å². The Bertz CT molecular complexity index is 542. The summed E-state index contributed by atoms with van der Waals surface area (Å²) >= 11 is 0. The number of nitrogens with zero attached hydrogens (tertiary/aromatic N) is 3. The normalized spacial score (nSPS) is 27.3. The van der Waals surface area contributed by atoms with Crippen molar-refractivity contribution in [3.8, 4) is 0 Å². The first-order valence-electron chi connectivity index (χ1n) is 9.54. The molecule has 0 aromatic heterocycles. The standard InChI is InChI=1S/C20H32N4/c1-4-21-20(23(3)15-17-12-9-13-24(17)5-2)22-19-14-18(19)16-10-7-6-8-11-16/h6-8,10-11,17-19H,4-5,9,12-15H2,1-3H3,(H,21,22). The maximum atomic E-state index is 4.74. The number of benzene rings is 1. The Labute approximate surface area is 146 Å². The molecule has 1 aromatic carbocycles. The number of hydrogen-bond acceptors (Lipinski definition) is 2. The summed E-state index contributed by atoms with van der Waals surface area (Å²) in [6.07, 6.45) is 3.86. The van der Waals surface area contributed by atoms with E-state index in [0.29, 0.717) is 18.0 Å². The van der Waals surface area contributed by atoms with Gasteiger partial charge < -0.3 is 10.2 Å². The van der Waals surface area contributed by atoms with Gasteiger partial charge in [-0.05, 0) is 44.8 Å². The molecule has 1 saturated heterocycles. The van der Waals surface area contributed by atoms with E-state index in [9.17, 15) is 0 Å². The highest BCUT2D eigenvalue weighted by Gasteiger charge is 2.39. The summed E-state index contributed by atoms with van der Waals surface area (Å²) < 4.78 is 0. The van der Waals surface area contributed by atoms with Crippen LogP contribution in [0.15, 0.2) is 35.3 Å². The molecule has 1 N–H and O–H groups in total. The van der Waals surface area contributed by atoms with Crippen LogP contribution in [0.3, 0.4) is 0 Å². The van der Waals surface area contributed by atoms with Crippen LogP contribution in [0.2, 0.25) is 0 Å². The molecule has 0 bridgehead atoms. The third-order valence-corrected chi connectivity index (χ3v) is 5.39. The van der Waals surface area contributed by atoms with Gasteiger partial charge in [0.1, 0.15) is 0 Å². The van der Waals surface area contributed by atoms with Gasteiger partial charge >= 0.3 is 0 Å². The monoisotopic (exact) mass is 328 g/mol. The Morgan fingerprint density at radius 2 is 2.08 bits per heavy atom. The lowest BCUT2D eigenvalue weighted by molar-refractivity contribution is 0.232. The van der Waals surface area contributed by atoms with Crippen molar-refractivity contribution in [1.29, 1.82) is 0 Å². The summed E-state index contributed by atoms with van der Waals surface area (Å²) in [5.74, 6) is 1.71. The van der Waals surface area contributed by atoms with Crippen LogP contribution in [0.5, 0.6) is 0 Å². The molecule has 4 nitrogen and oxygen atoms in total. The number of aliphatic imine (C=N–C) groups is 1. The largest absolute Gasteiger partial charge is 0.353 e. The smallest absolute Gasteiger partial charge is 0.193 e. The van der Waals surface area contributed by atoms with Crippen LogP contribution >= 0.6 is 0 Å². The molecule has 2 fully saturated rings. The van der Waals surface area contributed by atoms with Gasteiger partial charge in [0, 0.05) is 38.1 Å². The number of nitrogens with one attached hydrogen (secondary N) is 1. The zero-order valence-electron chi connectivity index (χ0n) is 15.4. The Balaban J connectivity index is 1.56. The quantitative estimate of drug-likeness (QED) is 0.643. The van der Waals surface area contributed by atoms with Crippen molar-refractivity contribution >= 4 is 5.96 Å². The van der Waals surface area contributed by atoms with E-state index in [1.165, 1.54) is 31.4 Å². The van der Waals surface area contributed by atoms with Gasteiger partial charge in [0.15, 0.2) is 5.96 Å². The Hall–Kier alpha value is -1.55. The minimum Gasteiger partial charge on any atom is -0.353 e. The highest BCUT2D eigenvalue weighted by atomic mass is 15.3. The van der Waals surface area contributed by atoms with E-state index in [2.05, 4.69) is 66.3 Å². The molecule has 24 heavy (non-hydrogen) atoms. The fraction of sp³-hybridized carbons (Fsp3) is 0.650. The second-order valence-electron chi connectivity index (χ2n) is 7.11. The molecule has 4 heteroatoms. The molecule has 1 aromatic rings. The van der Waals surface area contributed by atoms with Crippen LogP contribution in [-0.4, -0.2) is 61.1 Å². The number of hydrogen-bond donors (Lipinski definition) is 1. The van der Waals surface area contributed by atoms with Crippen LogP contribution in [0, 0.1) is 0 Å². The molecule has 0 amide bonds. The lowest BCUT2D eigenvalue weighted by Gasteiger charge is -2.30. The van der Waals surface area contributed by atoms with Crippen molar-refractivity contribution in [2.75, 3.05) is 33.2 Å². The van der Waals surface area contributed by atoms with E-state index >= 15 is 0 Å². The maximum absolute atomic E-state index is 4.74. The van der Waals surface area contributed by atoms with Crippen molar-refractivity contribution in [3.63, 3.8) is 0 Å². The summed E-state index contributed by atoms with van der Waals surface area (Å²) in [6, 6.07) is 12.1. The zero-order chi connectivity index (χ0) is 16.9. The first-order valence-corrected chi connectivity index (χ1v) is 9.54. The van der Waals surface area contributed by atoms with Gasteiger partial charge in [0.05, 0.1) is 0 Å². The van der Waals surface area contributed by atoms with Crippen LogP contribution < -0.4 is 5.32 Å². The van der Waals surface area contributed by atoms with E-state index in [0.717, 1.165) is 25.6 Å². The van der Waals surface area contributed by atoms with Gasteiger partial charge in [-0.15, -0.1) is 0 Å². The molecule has 1 saturated carbocycles. The minimum absolute atomic E-state index is 0.533. The van der Waals surface area contributed by atoms with Crippen molar-refractivity contribution in [2.45, 2.75) is 51.1 Å². The fourth-order valence-electron chi connectivity index (χ4n) is 3.94. The third kappa shape index (κ3) is 4.10. The second-order valence-corrected chi connectivity index (χ2v) is 7.11. The number of rotatable bonds is 6. The topological polar surface area (TPSA) is 30.9 Å². The van der Waals surface area contributed by atoms with E-state index in [1.54, 1.807) is 0 Å². The lowest BCUT2D eigenvalue weighted by atomic mass is 10.1. The first kappa shape index (κ1) is 17.3. The highest BCUT2D eigenvalue weighted by molar-refractivity contribution is 5.80. The second kappa shape index (κ2) is 8.02. The average Bonchev–Trinajstić information content (AvgIpc) is 3.23. The molecule has 1 aliphatic carbocycles. The summed E-state index contributed by atoms with van der Waals surface area (Å²) in [5, 5.41) is 3.70.